The number of unbranched alkanes of at least 4 members (excludes halogenated alkanes) is 6. The van der Waals surface area contributed by atoms with E-state index >= 15 is 0 Å². The van der Waals surface area contributed by atoms with Gasteiger partial charge in [0.1, 0.15) is 12.6 Å². The molecule has 0 rings (SSSR count). The zero-order valence-electron chi connectivity index (χ0n) is 19.5. The number of Topliss-reactive ketones (excluding diaryl/α,β-unsaturated/α-hetero) is 1. The van der Waals surface area contributed by atoms with Crippen molar-refractivity contribution in [2.75, 3.05) is 0 Å². The van der Waals surface area contributed by atoms with Gasteiger partial charge in [-0.05, 0) is 37.5 Å². The molecule has 3 heteroatoms. The molecule has 0 amide bonds. The average molecular weight is 395 g/mol. The molecule has 0 bridgehead atoms. The normalized spacial score (nSPS) is 17.9. The Morgan fingerprint density at radius 3 is 1.29 bits per heavy atom. The van der Waals surface area contributed by atoms with Crippen molar-refractivity contribution in [2.45, 2.75) is 119 Å². The van der Waals surface area contributed by atoms with Crippen molar-refractivity contribution in [3.63, 3.8) is 0 Å². The summed E-state index contributed by atoms with van der Waals surface area (Å²) in [5.74, 6) is -0.184. The highest BCUT2D eigenvalue weighted by atomic mass is 16.2. The zero-order chi connectivity index (χ0) is 21.6. The molecule has 0 aliphatic carbocycles. The molecule has 0 aliphatic heterocycles. The summed E-state index contributed by atoms with van der Waals surface area (Å²) in [7, 11) is 0. The van der Waals surface area contributed by atoms with Crippen LogP contribution in [-0.2, 0) is 14.4 Å². The van der Waals surface area contributed by atoms with E-state index < -0.39 is 10.8 Å². The second-order valence-corrected chi connectivity index (χ2v) is 8.85. The maximum atomic E-state index is 13.8. The molecule has 0 spiro atoms. The van der Waals surface area contributed by atoms with Crippen LogP contribution in [0.2, 0.25) is 0 Å². The lowest BCUT2D eigenvalue weighted by Gasteiger charge is -2.42. The number of carbonyl (C=O) groups excluding carboxylic acids is 3. The predicted molar refractivity (Wildman–Crippen MR) is 118 cm³/mol. The molecule has 4 unspecified atom stereocenters. The number of rotatable bonds is 18. The molecule has 4 atom stereocenters. The van der Waals surface area contributed by atoms with Crippen LogP contribution in [0.5, 0.6) is 0 Å². The summed E-state index contributed by atoms with van der Waals surface area (Å²) in [5, 5.41) is 0. The van der Waals surface area contributed by atoms with Crippen LogP contribution < -0.4 is 0 Å². The zero-order valence-corrected chi connectivity index (χ0v) is 19.5. The van der Waals surface area contributed by atoms with Crippen LogP contribution in [0.1, 0.15) is 119 Å². The van der Waals surface area contributed by atoms with Gasteiger partial charge in [-0.25, -0.2) is 0 Å². The van der Waals surface area contributed by atoms with Crippen molar-refractivity contribution in [2.24, 2.45) is 22.7 Å². The molecule has 0 heterocycles. The molecule has 0 saturated carbocycles. The second-order valence-electron chi connectivity index (χ2n) is 8.85. The summed E-state index contributed by atoms with van der Waals surface area (Å²) < 4.78 is 0. The highest BCUT2D eigenvalue weighted by Gasteiger charge is 2.53. The molecule has 0 aromatic rings. The first-order chi connectivity index (χ1) is 13.4. The number of carbonyl (C=O) groups is 3. The molecule has 0 radical (unpaired) electrons. The molecular formula is C25H46O3. The van der Waals surface area contributed by atoms with Crippen molar-refractivity contribution in [1.82, 2.24) is 0 Å². The highest BCUT2D eigenvalue weighted by Crippen LogP contribution is 2.45. The molecule has 0 fully saturated rings. The van der Waals surface area contributed by atoms with Crippen LogP contribution in [0.25, 0.3) is 0 Å². The van der Waals surface area contributed by atoms with Gasteiger partial charge in [0, 0.05) is 0 Å². The Bertz CT molecular complexity index is 419. The third kappa shape index (κ3) is 6.52. The minimum absolute atomic E-state index is 0.0301. The molecule has 28 heavy (non-hydrogen) atoms. The quantitative estimate of drug-likeness (QED) is 0.143. The van der Waals surface area contributed by atoms with E-state index in [-0.39, 0.29) is 17.6 Å². The van der Waals surface area contributed by atoms with E-state index in [1.165, 1.54) is 25.7 Å². The molecular weight excluding hydrogens is 348 g/mol. The predicted octanol–water partition coefficient (Wildman–Crippen LogP) is 6.96. The van der Waals surface area contributed by atoms with E-state index in [9.17, 15) is 14.4 Å². The van der Waals surface area contributed by atoms with Crippen molar-refractivity contribution in [1.29, 1.82) is 0 Å². The van der Waals surface area contributed by atoms with Gasteiger partial charge in [0.15, 0.2) is 5.78 Å². The summed E-state index contributed by atoms with van der Waals surface area (Å²) in [5.41, 5.74) is -2.08. The maximum Gasteiger partial charge on any atom is 0.159 e. The Labute approximate surface area is 174 Å². The lowest BCUT2D eigenvalue weighted by atomic mass is 9.58. The van der Waals surface area contributed by atoms with Crippen molar-refractivity contribution >= 4 is 18.4 Å². The first-order valence-electron chi connectivity index (χ1n) is 11.8. The number of hydrogen-bond acceptors (Lipinski definition) is 3. The van der Waals surface area contributed by atoms with Crippen LogP contribution in [0.4, 0.5) is 0 Å². The third-order valence-corrected chi connectivity index (χ3v) is 7.18. The molecule has 164 valence electrons. The molecule has 0 saturated heterocycles. The standard InChI is InChI=1S/C25H46O3/c1-7-11-13-15-17-21(5)24(9-3,19-26)23(28)25(10-4,20-27)22(6)18-16-14-12-8-2/h19-22H,7-18H2,1-6H3. The Morgan fingerprint density at radius 1 is 0.679 bits per heavy atom. The monoisotopic (exact) mass is 394 g/mol. The Morgan fingerprint density at radius 2 is 1.04 bits per heavy atom. The van der Waals surface area contributed by atoms with Crippen LogP contribution in [-0.4, -0.2) is 18.4 Å². The maximum absolute atomic E-state index is 13.8. The summed E-state index contributed by atoms with van der Waals surface area (Å²) in [6.45, 7) is 12.3. The summed E-state index contributed by atoms with van der Waals surface area (Å²) in [6.07, 6.45) is 13.5. The third-order valence-electron chi connectivity index (χ3n) is 7.18. The lowest BCUT2D eigenvalue weighted by Crippen LogP contribution is -2.51. The fourth-order valence-electron chi connectivity index (χ4n) is 4.67. The molecule has 0 aromatic carbocycles. The molecule has 0 aliphatic rings. The first-order valence-corrected chi connectivity index (χ1v) is 11.8. The van der Waals surface area contributed by atoms with E-state index in [1.807, 2.05) is 27.7 Å². The first kappa shape index (κ1) is 27.0. The van der Waals surface area contributed by atoms with E-state index in [2.05, 4.69) is 13.8 Å². The largest absolute Gasteiger partial charge is 0.302 e. The van der Waals surface area contributed by atoms with Gasteiger partial charge in [0.25, 0.3) is 0 Å². The van der Waals surface area contributed by atoms with E-state index in [4.69, 9.17) is 0 Å². The number of hydrogen-bond donors (Lipinski definition) is 0. The number of aldehydes is 2. The van der Waals surface area contributed by atoms with Gasteiger partial charge in [-0.1, -0.05) is 92.9 Å². The van der Waals surface area contributed by atoms with Crippen LogP contribution in [0, 0.1) is 22.7 Å². The van der Waals surface area contributed by atoms with Crippen molar-refractivity contribution in [3.05, 3.63) is 0 Å². The van der Waals surface area contributed by atoms with Crippen LogP contribution >= 0.6 is 0 Å². The molecule has 0 aromatic heterocycles. The molecule has 3 nitrogen and oxygen atoms in total. The van der Waals surface area contributed by atoms with Gasteiger partial charge in [-0.2, -0.15) is 0 Å². The lowest BCUT2D eigenvalue weighted by molar-refractivity contribution is -0.152. The van der Waals surface area contributed by atoms with Gasteiger partial charge in [0.2, 0.25) is 0 Å². The summed E-state index contributed by atoms with van der Waals surface area (Å²) in [6, 6.07) is 0. The second kappa shape index (κ2) is 14.1. The minimum Gasteiger partial charge on any atom is -0.302 e. The van der Waals surface area contributed by atoms with Gasteiger partial charge in [-0.3, -0.25) is 4.79 Å². The van der Waals surface area contributed by atoms with Crippen LogP contribution in [0.3, 0.4) is 0 Å². The topological polar surface area (TPSA) is 51.2 Å². The number of ketones is 1. The fourth-order valence-corrected chi connectivity index (χ4v) is 4.67. The SMILES string of the molecule is CCCCCCC(C)C(C=O)(CC)C(=O)C(C=O)(CC)C(C)CCCCCC. The van der Waals surface area contributed by atoms with Gasteiger partial charge >= 0.3 is 0 Å². The van der Waals surface area contributed by atoms with Gasteiger partial charge in [-0.15, -0.1) is 0 Å². The van der Waals surface area contributed by atoms with Crippen molar-refractivity contribution < 1.29 is 14.4 Å². The average Bonchev–Trinajstić information content (AvgIpc) is 2.71. The van der Waals surface area contributed by atoms with Crippen molar-refractivity contribution in [3.8, 4) is 0 Å². The Kier molecular flexibility index (Phi) is 13.6. The summed E-state index contributed by atoms with van der Waals surface area (Å²) >= 11 is 0. The Balaban J connectivity index is 5.56. The minimum atomic E-state index is -1.04. The van der Waals surface area contributed by atoms with Gasteiger partial charge in [0.05, 0.1) is 10.8 Å². The van der Waals surface area contributed by atoms with E-state index in [0.29, 0.717) is 12.8 Å². The highest BCUT2D eigenvalue weighted by molar-refractivity contribution is 6.09. The smallest absolute Gasteiger partial charge is 0.159 e. The fraction of sp³-hybridized carbons (Fsp3) is 0.880. The van der Waals surface area contributed by atoms with E-state index in [0.717, 1.165) is 51.1 Å². The Hall–Kier alpha value is -0.990. The van der Waals surface area contributed by atoms with Crippen LogP contribution in [0.15, 0.2) is 0 Å². The molecule has 0 N–H and O–H groups in total. The van der Waals surface area contributed by atoms with E-state index in [1.54, 1.807) is 0 Å². The van der Waals surface area contributed by atoms with Gasteiger partial charge < -0.3 is 9.59 Å². The summed E-state index contributed by atoms with van der Waals surface area (Å²) in [4.78, 5) is 38.4.